The third kappa shape index (κ3) is 2.17. The number of ether oxygens (including phenoxy) is 1. The summed E-state index contributed by atoms with van der Waals surface area (Å²) in [5.41, 5.74) is 7.04. The zero-order chi connectivity index (χ0) is 13.6. The van der Waals surface area contributed by atoms with Gasteiger partial charge in [0.25, 0.3) is 5.69 Å². The molecule has 0 aromatic heterocycles. The fraction of sp³-hybridized carbons (Fsp3) is 0.538. The normalized spacial score (nSPS) is 32.7. The van der Waals surface area contributed by atoms with Gasteiger partial charge in [0.1, 0.15) is 0 Å². The van der Waals surface area contributed by atoms with Crippen LogP contribution in [0, 0.1) is 10.1 Å². The predicted octanol–water partition coefficient (Wildman–Crippen LogP) is 2.55. The fourth-order valence-electron chi connectivity index (χ4n) is 3.22. The van der Waals surface area contributed by atoms with E-state index in [1.807, 2.05) is 6.07 Å². The largest absolute Gasteiger partial charge is 0.373 e. The Balaban J connectivity index is 1.88. The van der Waals surface area contributed by atoms with Crippen molar-refractivity contribution < 1.29 is 9.66 Å². The molecule has 1 aromatic carbocycles. The predicted molar refractivity (Wildman–Crippen MR) is 73.9 cm³/mol. The minimum Gasteiger partial charge on any atom is -0.373 e. The van der Waals surface area contributed by atoms with Gasteiger partial charge in [0, 0.05) is 11.6 Å². The molecule has 2 aliphatic rings. The zero-order valence-electron chi connectivity index (χ0n) is 10.3. The second kappa shape index (κ2) is 4.54. The van der Waals surface area contributed by atoms with Crippen LogP contribution >= 0.6 is 15.9 Å². The number of nitro benzene ring substituents is 1. The third-order valence-corrected chi connectivity index (χ3v) is 5.05. The van der Waals surface area contributed by atoms with Gasteiger partial charge in [-0.25, -0.2) is 0 Å². The zero-order valence-corrected chi connectivity index (χ0v) is 11.9. The standard InChI is InChI=1S/C13H15BrN2O3/c14-12-8(2-1-3-10(12)16(17)18)6-13(15)7-9-4-5-11(13)19-9/h1-3,9,11H,4-7,15H2. The smallest absolute Gasteiger partial charge is 0.283 e. The Kier molecular flexibility index (Phi) is 3.11. The minimum atomic E-state index is -0.388. The van der Waals surface area contributed by atoms with E-state index in [2.05, 4.69) is 15.9 Å². The highest BCUT2D eigenvalue weighted by Gasteiger charge is 2.50. The molecule has 5 nitrogen and oxygen atoms in total. The second-order valence-corrected chi connectivity index (χ2v) is 6.24. The van der Waals surface area contributed by atoms with Crippen LogP contribution in [0.25, 0.3) is 0 Å². The number of benzene rings is 1. The molecule has 3 atom stereocenters. The molecule has 2 fully saturated rings. The highest BCUT2D eigenvalue weighted by molar-refractivity contribution is 9.10. The van der Waals surface area contributed by atoms with E-state index in [9.17, 15) is 10.1 Å². The van der Waals surface area contributed by atoms with Crippen LogP contribution in [0.4, 0.5) is 5.69 Å². The Labute approximate surface area is 119 Å². The van der Waals surface area contributed by atoms with Gasteiger partial charge in [0.2, 0.25) is 0 Å². The molecule has 19 heavy (non-hydrogen) atoms. The van der Waals surface area contributed by atoms with Crippen LogP contribution in [0.15, 0.2) is 22.7 Å². The summed E-state index contributed by atoms with van der Waals surface area (Å²) in [5.74, 6) is 0. The van der Waals surface area contributed by atoms with Gasteiger partial charge in [-0.15, -0.1) is 0 Å². The van der Waals surface area contributed by atoms with E-state index >= 15 is 0 Å². The lowest BCUT2D eigenvalue weighted by atomic mass is 9.78. The van der Waals surface area contributed by atoms with E-state index in [1.165, 1.54) is 6.07 Å². The van der Waals surface area contributed by atoms with Crippen LogP contribution in [0.5, 0.6) is 0 Å². The van der Waals surface area contributed by atoms with Crippen LogP contribution in [-0.4, -0.2) is 22.7 Å². The molecule has 0 aliphatic carbocycles. The molecule has 2 heterocycles. The van der Waals surface area contributed by atoms with Crippen LogP contribution < -0.4 is 5.73 Å². The van der Waals surface area contributed by atoms with Gasteiger partial charge in [-0.3, -0.25) is 10.1 Å². The summed E-state index contributed by atoms with van der Waals surface area (Å²) in [6, 6.07) is 5.08. The maximum Gasteiger partial charge on any atom is 0.283 e. The quantitative estimate of drug-likeness (QED) is 0.683. The molecular formula is C13H15BrN2O3. The molecule has 0 amide bonds. The lowest BCUT2D eigenvalue weighted by molar-refractivity contribution is -0.385. The Morgan fingerprint density at radius 3 is 2.89 bits per heavy atom. The summed E-state index contributed by atoms with van der Waals surface area (Å²) < 4.78 is 6.34. The Morgan fingerprint density at radius 1 is 1.53 bits per heavy atom. The Hall–Kier alpha value is -0.980. The highest BCUT2D eigenvalue weighted by Crippen LogP contribution is 2.43. The van der Waals surface area contributed by atoms with Crippen LogP contribution in [0.2, 0.25) is 0 Å². The van der Waals surface area contributed by atoms with Crippen molar-refractivity contribution in [3.8, 4) is 0 Å². The van der Waals surface area contributed by atoms with Crippen molar-refractivity contribution in [3.63, 3.8) is 0 Å². The second-order valence-electron chi connectivity index (χ2n) is 5.45. The van der Waals surface area contributed by atoms with Crippen molar-refractivity contribution in [1.29, 1.82) is 0 Å². The maximum absolute atomic E-state index is 10.9. The molecule has 0 saturated carbocycles. The number of hydrogen-bond acceptors (Lipinski definition) is 4. The third-order valence-electron chi connectivity index (χ3n) is 4.13. The average Bonchev–Trinajstić information content (AvgIpc) is 2.91. The first-order valence-electron chi connectivity index (χ1n) is 6.36. The topological polar surface area (TPSA) is 78.4 Å². The van der Waals surface area contributed by atoms with Crippen molar-refractivity contribution in [1.82, 2.24) is 0 Å². The van der Waals surface area contributed by atoms with Crippen LogP contribution in [-0.2, 0) is 11.2 Å². The number of hydrogen-bond donors (Lipinski definition) is 1. The molecule has 0 radical (unpaired) electrons. The lowest BCUT2D eigenvalue weighted by Crippen LogP contribution is -2.50. The molecule has 2 saturated heterocycles. The first-order chi connectivity index (χ1) is 8.99. The van der Waals surface area contributed by atoms with E-state index in [0.29, 0.717) is 10.9 Å². The van der Waals surface area contributed by atoms with Gasteiger partial charge < -0.3 is 10.5 Å². The maximum atomic E-state index is 10.9. The molecule has 2 aliphatic heterocycles. The molecule has 3 rings (SSSR count). The minimum absolute atomic E-state index is 0.0867. The Morgan fingerprint density at radius 2 is 2.32 bits per heavy atom. The SMILES string of the molecule is NC1(Cc2cccc([N+](=O)[O-])c2Br)CC2CCC1O2. The molecular weight excluding hydrogens is 312 g/mol. The number of nitro groups is 1. The molecule has 3 unspecified atom stereocenters. The number of rotatable bonds is 3. The summed E-state index contributed by atoms with van der Waals surface area (Å²) in [6.07, 6.45) is 3.88. The first-order valence-corrected chi connectivity index (χ1v) is 7.15. The van der Waals surface area contributed by atoms with Gasteiger partial charge >= 0.3 is 0 Å². The number of halogens is 1. The lowest BCUT2D eigenvalue weighted by Gasteiger charge is -2.31. The summed E-state index contributed by atoms with van der Waals surface area (Å²) in [5, 5.41) is 10.9. The van der Waals surface area contributed by atoms with Gasteiger partial charge in [0.05, 0.1) is 21.6 Å². The molecule has 0 spiro atoms. The van der Waals surface area contributed by atoms with Gasteiger partial charge in [-0.2, -0.15) is 0 Å². The molecule has 2 bridgehead atoms. The van der Waals surface area contributed by atoms with E-state index in [-0.39, 0.29) is 28.4 Å². The van der Waals surface area contributed by atoms with E-state index in [4.69, 9.17) is 10.5 Å². The van der Waals surface area contributed by atoms with Crippen molar-refractivity contribution in [2.75, 3.05) is 0 Å². The van der Waals surface area contributed by atoms with Crippen molar-refractivity contribution in [2.45, 2.75) is 43.4 Å². The van der Waals surface area contributed by atoms with E-state index < -0.39 is 0 Å². The van der Waals surface area contributed by atoms with Gasteiger partial charge in [-0.1, -0.05) is 12.1 Å². The summed E-state index contributed by atoms with van der Waals surface area (Å²) in [4.78, 5) is 10.6. The molecule has 6 heteroatoms. The van der Waals surface area contributed by atoms with Gasteiger partial charge in [-0.05, 0) is 47.2 Å². The highest BCUT2D eigenvalue weighted by atomic mass is 79.9. The van der Waals surface area contributed by atoms with E-state index in [1.54, 1.807) is 6.07 Å². The fourth-order valence-corrected chi connectivity index (χ4v) is 3.77. The van der Waals surface area contributed by atoms with Crippen molar-refractivity contribution in [3.05, 3.63) is 38.3 Å². The summed E-state index contributed by atoms with van der Waals surface area (Å²) >= 11 is 3.33. The first kappa shape index (κ1) is 13.0. The Bertz CT molecular complexity index is 537. The average molecular weight is 327 g/mol. The molecule has 102 valence electrons. The number of nitrogens with two attached hydrogens (primary N) is 1. The molecule has 1 aromatic rings. The molecule has 2 N–H and O–H groups in total. The monoisotopic (exact) mass is 326 g/mol. The van der Waals surface area contributed by atoms with Crippen molar-refractivity contribution in [2.24, 2.45) is 5.73 Å². The van der Waals surface area contributed by atoms with Crippen molar-refractivity contribution >= 4 is 21.6 Å². The van der Waals surface area contributed by atoms with Gasteiger partial charge in [0.15, 0.2) is 0 Å². The van der Waals surface area contributed by atoms with Crippen LogP contribution in [0.1, 0.15) is 24.8 Å². The van der Waals surface area contributed by atoms with E-state index in [0.717, 1.165) is 24.8 Å². The number of fused-ring (bicyclic) bond motifs is 2. The summed E-state index contributed by atoms with van der Waals surface area (Å²) in [7, 11) is 0. The number of nitrogens with zero attached hydrogens (tertiary/aromatic N) is 1. The summed E-state index contributed by atoms with van der Waals surface area (Å²) in [6.45, 7) is 0. The van der Waals surface area contributed by atoms with Crippen LogP contribution in [0.3, 0.4) is 0 Å².